The minimum Gasteiger partial charge on any atom is -0.381 e. The van der Waals surface area contributed by atoms with E-state index in [0.717, 1.165) is 54.0 Å². The molecule has 0 saturated carbocycles. The average Bonchev–Trinajstić information content (AvgIpc) is 3.51. The minimum atomic E-state index is 0.550. The van der Waals surface area contributed by atoms with Crippen LogP contribution in [0.3, 0.4) is 0 Å². The van der Waals surface area contributed by atoms with E-state index in [4.69, 9.17) is 4.74 Å². The summed E-state index contributed by atoms with van der Waals surface area (Å²) in [5, 5.41) is 8.73. The summed E-state index contributed by atoms with van der Waals surface area (Å²) in [7, 11) is 1.92. The Kier molecular flexibility index (Phi) is 4.65. The Bertz CT molecular complexity index is 1110. The molecule has 1 saturated heterocycles. The van der Waals surface area contributed by atoms with Crippen molar-refractivity contribution in [2.24, 2.45) is 13.0 Å². The smallest absolute Gasteiger partial charge is 0.159 e. The maximum Gasteiger partial charge on any atom is 0.159 e. The van der Waals surface area contributed by atoms with Gasteiger partial charge in [-0.05, 0) is 18.1 Å². The summed E-state index contributed by atoms with van der Waals surface area (Å²) in [5.74, 6) is 1.25. The van der Waals surface area contributed by atoms with Crippen LogP contribution in [0.1, 0.15) is 6.42 Å². The first kappa shape index (κ1) is 17.8. The normalized spacial score (nSPS) is 16.4. The summed E-state index contributed by atoms with van der Waals surface area (Å²) in [6.07, 6.45) is 12.6. The lowest BCUT2D eigenvalue weighted by Crippen LogP contribution is -2.10. The van der Waals surface area contributed by atoms with E-state index >= 15 is 0 Å². The van der Waals surface area contributed by atoms with Crippen LogP contribution in [-0.2, 0) is 18.3 Å². The van der Waals surface area contributed by atoms with Crippen molar-refractivity contribution in [3.63, 3.8) is 0 Å². The number of ether oxygens (including phenoxy) is 1. The lowest BCUT2D eigenvalue weighted by Gasteiger charge is -2.06. The van der Waals surface area contributed by atoms with Crippen LogP contribution < -0.4 is 0 Å². The Morgan fingerprint density at radius 3 is 2.48 bits per heavy atom. The van der Waals surface area contributed by atoms with Gasteiger partial charge in [0, 0.05) is 73.2 Å². The molecule has 1 aliphatic heterocycles. The van der Waals surface area contributed by atoms with Gasteiger partial charge in [-0.1, -0.05) is 18.2 Å². The van der Waals surface area contributed by atoms with Crippen LogP contribution >= 0.6 is 0 Å². The van der Waals surface area contributed by atoms with Crippen molar-refractivity contribution in [3.8, 4) is 33.6 Å². The van der Waals surface area contributed by atoms with Crippen molar-refractivity contribution in [1.29, 1.82) is 0 Å². The lowest BCUT2D eigenvalue weighted by atomic mass is 10.1. The molecule has 0 N–H and O–H groups in total. The van der Waals surface area contributed by atoms with Gasteiger partial charge >= 0.3 is 0 Å². The van der Waals surface area contributed by atoms with Gasteiger partial charge in [0.2, 0.25) is 0 Å². The Morgan fingerprint density at radius 1 is 0.931 bits per heavy atom. The Hall–Kier alpha value is -3.32. The third kappa shape index (κ3) is 3.82. The molecule has 0 bridgehead atoms. The van der Waals surface area contributed by atoms with Crippen LogP contribution in [0.4, 0.5) is 0 Å². The predicted octanol–water partition coefficient (Wildman–Crippen LogP) is 3.44. The largest absolute Gasteiger partial charge is 0.381 e. The van der Waals surface area contributed by atoms with Gasteiger partial charge in [0.25, 0.3) is 0 Å². The van der Waals surface area contributed by atoms with Crippen LogP contribution in [0.2, 0.25) is 0 Å². The molecule has 5 rings (SSSR count). The molecule has 4 heterocycles. The molecule has 1 aliphatic rings. The standard InChI is InChI=1S/C22H22N6O/c1-27-13-20(10-25-27)17-3-2-4-18(7-17)22-23-8-19(9-24-22)21-11-26-28(14-21)12-16-5-6-29-15-16/h2-4,7-11,13-14,16H,5-6,12,15H2,1H3. The summed E-state index contributed by atoms with van der Waals surface area (Å²) in [6, 6.07) is 8.20. The van der Waals surface area contributed by atoms with Crippen LogP contribution in [0.5, 0.6) is 0 Å². The number of aromatic nitrogens is 6. The maximum atomic E-state index is 5.45. The van der Waals surface area contributed by atoms with Gasteiger partial charge in [-0.2, -0.15) is 10.2 Å². The van der Waals surface area contributed by atoms with Gasteiger partial charge < -0.3 is 4.74 Å². The molecule has 0 aliphatic carbocycles. The third-order valence-corrected chi connectivity index (χ3v) is 5.25. The van der Waals surface area contributed by atoms with E-state index in [1.807, 2.05) is 54.8 Å². The molecule has 0 radical (unpaired) electrons. The molecule has 0 spiro atoms. The van der Waals surface area contributed by atoms with E-state index in [2.05, 4.69) is 38.5 Å². The van der Waals surface area contributed by atoms with Crippen molar-refractivity contribution >= 4 is 0 Å². The summed E-state index contributed by atoms with van der Waals surface area (Å²) < 4.78 is 9.23. The van der Waals surface area contributed by atoms with E-state index in [0.29, 0.717) is 11.7 Å². The molecule has 3 aromatic heterocycles. The van der Waals surface area contributed by atoms with Crippen LogP contribution in [0.25, 0.3) is 33.6 Å². The molecular weight excluding hydrogens is 364 g/mol. The fraction of sp³-hybridized carbons (Fsp3) is 0.273. The molecule has 1 atom stereocenters. The van der Waals surface area contributed by atoms with Crippen molar-refractivity contribution in [2.75, 3.05) is 13.2 Å². The number of benzene rings is 1. The summed E-state index contributed by atoms with van der Waals surface area (Å²) in [5.41, 5.74) is 5.15. The molecule has 0 amide bonds. The quantitative estimate of drug-likeness (QED) is 0.525. The van der Waals surface area contributed by atoms with E-state index in [1.165, 1.54) is 0 Å². The fourth-order valence-corrected chi connectivity index (χ4v) is 3.64. The lowest BCUT2D eigenvalue weighted by molar-refractivity contribution is 0.181. The van der Waals surface area contributed by atoms with Crippen LogP contribution in [-0.4, -0.2) is 42.7 Å². The zero-order valence-corrected chi connectivity index (χ0v) is 16.3. The average molecular weight is 386 g/mol. The number of nitrogens with zero attached hydrogens (tertiary/aromatic N) is 6. The molecule has 1 unspecified atom stereocenters. The van der Waals surface area contributed by atoms with Gasteiger partial charge in [0.05, 0.1) is 19.0 Å². The van der Waals surface area contributed by atoms with Gasteiger partial charge in [0.15, 0.2) is 5.82 Å². The Morgan fingerprint density at radius 2 is 1.72 bits per heavy atom. The fourth-order valence-electron chi connectivity index (χ4n) is 3.64. The summed E-state index contributed by atoms with van der Waals surface area (Å²) in [6.45, 7) is 2.57. The highest BCUT2D eigenvalue weighted by Gasteiger charge is 2.16. The first-order chi connectivity index (χ1) is 14.2. The molecule has 4 aromatic rings. The molecule has 7 heteroatoms. The number of hydrogen-bond acceptors (Lipinski definition) is 5. The highest BCUT2D eigenvalue weighted by Crippen LogP contribution is 2.25. The van der Waals surface area contributed by atoms with E-state index in [-0.39, 0.29) is 0 Å². The van der Waals surface area contributed by atoms with E-state index in [9.17, 15) is 0 Å². The van der Waals surface area contributed by atoms with Crippen molar-refractivity contribution in [1.82, 2.24) is 29.5 Å². The summed E-state index contributed by atoms with van der Waals surface area (Å²) >= 11 is 0. The van der Waals surface area contributed by atoms with Gasteiger partial charge in [-0.25, -0.2) is 9.97 Å². The second-order valence-corrected chi connectivity index (χ2v) is 7.46. The SMILES string of the molecule is Cn1cc(-c2cccc(-c3ncc(-c4cnn(CC5CCOC5)c4)cn3)c2)cn1. The molecule has 7 nitrogen and oxygen atoms in total. The van der Waals surface area contributed by atoms with E-state index in [1.54, 1.807) is 4.68 Å². The highest BCUT2D eigenvalue weighted by molar-refractivity contribution is 5.70. The van der Waals surface area contributed by atoms with Crippen LogP contribution in [0, 0.1) is 5.92 Å². The van der Waals surface area contributed by atoms with Crippen molar-refractivity contribution in [3.05, 3.63) is 61.4 Å². The predicted molar refractivity (Wildman–Crippen MR) is 110 cm³/mol. The first-order valence-corrected chi connectivity index (χ1v) is 9.77. The second kappa shape index (κ2) is 7.60. The molecular formula is C22H22N6O. The van der Waals surface area contributed by atoms with Gasteiger partial charge in [-0.3, -0.25) is 9.36 Å². The maximum absolute atomic E-state index is 5.45. The summed E-state index contributed by atoms with van der Waals surface area (Å²) in [4.78, 5) is 9.18. The molecule has 146 valence electrons. The van der Waals surface area contributed by atoms with Gasteiger partial charge in [-0.15, -0.1) is 0 Å². The first-order valence-electron chi connectivity index (χ1n) is 9.77. The number of aryl methyl sites for hydroxylation is 1. The molecule has 1 fully saturated rings. The Balaban J connectivity index is 1.35. The highest BCUT2D eigenvalue weighted by atomic mass is 16.5. The van der Waals surface area contributed by atoms with Crippen LogP contribution in [0.15, 0.2) is 61.4 Å². The topological polar surface area (TPSA) is 70.7 Å². The second-order valence-electron chi connectivity index (χ2n) is 7.46. The Labute approximate surface area is 169 Å². The number of rotatable bonds is 5. The molecule has 29 heavy (non-hydrogen) atoms. The molecule has 1 aromatic carbocycles. The van der Waals surface area contributed by atoms with Gasteiger partial charge in [0.1, 0.15) is 0 Å². The minimum absolute atomic E-state index is 0.550. The third-order valence-electron chi connectivity index (χ3n) is 5.25. The number of hydrogen-bond donors (Lipinski definition) is 0. The monoisotopic (exact) mass is 386 g/mol. The van der Waals surface area contributed by atoms with Crippen molar-refractivity contribution in [2.45, 2.75) is 13.0 Å². The zero-order valence-electron chi connectivity index (χ0n) is 16.3. The zero-order chi connectivity index (χ0) is 19.6. The van der Waals surface area contributed by atoms with E-state index < -0.39 is 0 Å². The van der Waals surface area contributed by atoms with Crippen molar-refractivity contribution < 1.29 is 4.74 Å².